The first kappa shape index (κ1) is 19.0. The minimum Gasteiger partial charge on any atom is -0.207 e. The van der Waals surface area contributed by atoms with Gasteiger partial charge in [0.1, 0.15) is 17.5 Å². The largest absolute Gasteiger partial charge is 0.207 e. The van der Waals surface area contributed by atoms with E-state index in [4.69, 9.17) is 0 Å². The third-order valence-corrected chi connectivity index (χ3v) is 5.76. The third-order valence-electron chi connectivity index (χ3n) is 5.76. The first-order valence-electron chi connectivity index (χ1n) is 9.80. The quantitative estimate of drug-likeness (QED) is 0.506. The van der Waals surface area contributed by atoms with E-state index in [9.17, 15) is 13.2 Å². The molecule has 0 nitrogen and oxygen atoms in total. The molecular formula is C23H27F3. The summed E-state index contributed by atoms with van der Waals surface area (Å²) in [7, 11) is 0. The zero-order valence-corrected chi connectivity index (χ0v) is 15.4. The van der Waals surface area contributed by atoms with Gasteiger partial charge in [-0.25, -0.2) is 13.2 Å². The van der Waals surface area contributed by atoms with E-state index in [0.29, 0.717) is 29.0 Å². The maximum atomic E-state index is 14.5. The standard InChI is InChI=1S/C23H27F3/c1-2-4-16-7-9-17(10-8-16)11-12-22-21(5-3-6-23(22)26)18-13-19(24)15-20(25)14-18/h3,5-6,13-17H,2,4,7-12H2,1H3/t16-,17-. The summed E-state index contributed by atoms with van der Waals surface area (Å²) in [5, 5.41) is 0. The molecule has 0 N–H and O–H groups in total. The second-order valence-corrected chi connectivity index (χ2v) is 7.64. The van der Waals surface area contributed by atoms with Crippen LogP contribution in [0, 0.1) is 29.3 Å². The van der Waals surface area contributed by atoms with Crippen molar-refractivity contribution < 1.29 is 13.2 Å². The Morgan fingerprint density at radius 2 is 1.46 bits per heavy atom. The van der Waals surface area contributed by atoms with Crippen LogP contribution in [0.2, 0.25) is 0 Å². The highest BCUT2D eigenvalue weighted by Gasteiger charge is 2.21. The Morgan fingerprint density at radius 3 is 2.08 bits per heavy atom. The maximum Gasteiger partial charge on any atom is 0.127 e. The van der Waals surface area contributed by atoms with Crippen LogP contribution in [-0.2, 0) is 6.42 Å². The van der Waals surface area contributed by atoms with Crippen LogP contribution >= 0.6 is 0 Å². The average Bonchev–Trinajstić information content (AvgIpc) is 2.61. The number of halogens is 3. The second-order valence-electron chi connectivity index (χ2n) is 7.64. The highest BCUT2D eigenvalue weighted by molar-refractivity contribution is 5.67. The summed E-state index contributed by atoms with van der Waals surface area (Å²) in [6.45, 7) is 2.24. The van der Waals surface area contributed by atoms with Crippen molar-refractivity contribution in [2.24, 2.45) is 11.8 Å². The number of rotatable bonds is 6. The second kappa shape index (κ2) is 8.75. The van der Waals surface area contributed by atoms with Gasteiger partial charge in [-0.1, -0.05) is 57.6 Å². The molecule has 0 saturated heterocycles. The van der Waals surface area contributed by atoms with Crippen molar-refractivity contribution in [3.8, 4) is 11.1 Å². The van der Waals surface area contributed by atoms with Crippen molar-refractivity contribution in [2.45, 2.75) is 58.3 Å². The Labute approximate surface area is 154 Å². The molecule has 3 heteroatoms. The number of benzene rings is 2. The minimum atomic E-state index is -0.635. The van der Waals surface area contributed by atoms with Crippen molar-refractivity contribution >= 4 is 0 Å². The number of hydrogen-bond acceptors (Lipinski definition) is 0. The van der Waals surface area contributed by atoms with Gasteiger partial charge in [0, 0.05) is 6.07 Å². The van der Waals surface area contributed by atoms with Crippen LogP contribution in [0.4, 0.5) is 13.2 Å². The van der Waals surface area contributed by atoms with E-state index in [1.807, 2.05) is 0 Å². The molecule has 0 amide bonds. The fourth-order valence-corrected chi connectivity index (χ4v) is 4.36. The predicted octanol–water partition coefficient (Wildman–Crippen LogP) is 7.31. The van der Waals surface area contributed by atoms with Crippen molar-refractivity contribution in [1.29, 1.82) is 0 Å². The zero-order valence-electron chi connectivity index (χ0n) is 15.4. The van der Waals surface area contributed by atoms with Crippen LogP contribution in [0.1, 0.15) is 57.4 Å². The monoisotopic (exact) mass is 360 g/mol. The van der Waals surface area contributed by atoms with Crippen molar-refractivity contribution in [3.05, 3.63) is 59.4 Å². The molecule has 0 bridgehead atoms. The van der Waals surface area contributed by atoms with Gasteiger partial charge in [0.2, 0.25) is 0 Å². The van der Waals surface area contributed by atoms with E-state index in [2.05, 4.69) is 6.92 Å². The SMILES string of the molecule is CCC[C@H]1CC[C@H](CCc2c(F)cccc2-c2cc(F)cc(F)c2)CC1. The van der Waals surface area contributed by atoms with Gasteiger partial charge in [-0.3, -0.25) is 0 Å². The van der Waals surface area contributed by atoms with Crippen LogP contribution < -0.4 is 0 Å². The Bertz CT molecular complexity index is 710. The van der Waals surface area contributed by atoms with Crippen molar-refractivity contribution in [1.82, 2.24) is 0 Å². The Morgan fingerprint density at radius 1 is 0.846 bits per heavy atom. The van der Waals surface area contributed by atoms with Crippen LogP contribution in [0.15, 0.2) is 36.4 Å². The molecule has 2 aromatic rings. The summed E-state index contributed by atoms with van der Waals surface area (Å²) >= 11 is 0. The normalized spacial score (nSPS) is 20.3. The highest BCUT2D eigenvalue weighted by Crippen LogP contribution is 2.35. The molecule has 26 heavy (non-hydrogen) atoms. The molecule has 0 radical (unpaired) electrons. The van der Waals surface area contributed by atoms with Crippen LogP contribution in [0.3, 0.4) is 0 Å². The van der Waals surface area contributed by atoms with E-state index >= 15 is 0 Å². The van der Waals surface area contributed by atoms with Gasteiger partial charge in [0.25, 0.3) is 0 Å². The smallest absolute Gasteiger partial charge is 0.127 e. The van der Waals surface area contributed by atoms with Gasteiger partial charge in [-0.2, -0.15) is 0 Å². The molecule has 3 rings (SSSR count). The Kier molecular flexibility index (Phi) is 6.39. The third kappa shape index (κ3) is 4.69. The lowest BCUT2D eigenvalue weighted by Crippen LogP contribution is -2.15. The molecule has 0 atom stereocenters. The van der Waals surface area contributed by atoms with Gasteiger partial charge < -0.3 is 0 Å². The molecule has 1 aliphatic rings. The van der Waals surface area contributed by atoms with E-state index in [0.717, 1.165) is 18.4 Å². The van der Waals surface area contributed by atoms with E-state index in [-0.39, 0.29) is 5.82 Å². The van der Waals surface area contributed by atoms with Gasteiger partial charge in [-0.15, -0.1) is 0 Å². The Hall–Kier alpha value is -1.77. The molecule has 1 aliphatic carbocycles. The molecule has 140 valence electrons. The van der Waals surface area contributed by atoms with E-state index < -0.39 is 11.6 Å². The van der Waals surface area contributed by atoms with Crippen LogP contribution in [-0.4, -0.2) is 0 Å². The molecule has 0 spiro atoms. The summed E-state index contributed by atoms with van der Waals surface area (Å²) in [4.78, 5) is 0. The first-order chi connectivity index (χ1) is 12.6. The highest BCUT2D eigenvalue weighted by atomic mass is 19.1. The molecule has 0 aromatic heterocycles. The maximum absolute atomic E-state index is 14.5. The predicted molar refractivity (Wildman–Crippen MR) is 100 cm³/mol. The molecular weight excluding hydrogens is 333 g/mol. The molecule has 0 aliphatic heterocycles. The van der Waals surface area contributed by atoms with Crippen molar-refractivity contribution in [3.63, 3.8) is 0 Å². The fraction of sp³-hybridized carbons (Fsp3) is 0.478. The minimum absolute atomic E-state index is 0.285. The van der Waals surface area contributed by atoms with E-state index in [1.54, 1.807) is 12.1 Å². The summed E-state index contributed by atoms with van der Waals surface area (Å²) < 4.78 is 41.6. The molecule has 1 saturated carbocycles. The lowest BCUT2D eigenvalue weighted by atomic mass is 9.77. The van der Waals surface area contributed by atoms with Gasteiger partial charge in [-0.05, 0) is 59.6 Å². The lowest BCUT2D eigenvalue weighted by Gasteiger charge is -2.28. The summed E-state index contributed by atoms with van der Waals surface area (Å²) in [6.07, 6.45) is 9.09. The van der Waals surface area contributed by atoms with Gasteiger partial charge in [0.05, 0.1) is 0 Å². The van der Waals surface area contributed by atoms with Crippen molar-refractivity contribution in [2.75, 3.05) is 0 Å². The first-order valence-corrected chi connectivity index (χ1v) is 9.80. The molecule has 2 aromatic carbocycles. The average molecular weight is 360 g/mol. The van der Waals surface area contributed by atoms with Crippen LogP contribution in [0.25, 0.3) is 11.1 Å². The van der Waals surface area contributed by atoms with Gasteiger partial charge in [0.15, 0.2) is 0 Å². The number of hydrogen-bond donors (Lipinski definition) is 0. The summed E-state index contributed by atoms with van der Waals surface area (Å²) in [6, 6.07) is 8.19. The zero-order chi connectivity index (χ0) is 18.5. The van der Waals surface area contributed by atoms with Gasteiger partial charge >= 0.3 is 0 Å². The lowest BCUT2D eigenvalue weighted by molar-refractivity contribution is 0.252. The topological polar surface area (TPSA) is 0 Å². The summed E-state index contributed by atoms with van der Waals surface area (Å²) in [5.74, 6) is -0.0731. The molecule has 1 fully saturated rings. The summed E-state index contributed by atoms with van der Waals surface area (Å²) in [5.41, 5.74) is 1.58. The Balaban J connectivity index is 1.72. The molecule has 0 unspecified atom stereocenters. The van der Waals surface area contributed by atoms with E-state index in [1.165, 1.54) is 56.7 Å². The fourth-order valence-electron chi connectivity index (χ4n) is 4.36. The van der Waals surface area contributed by atoms with Crippen LogP contribution in [0.5, 0.6) is 0 Å². The molecule has 0 heterocycles.